The lowest BCUT2D eigenvalue weighted by atomic mass is 10.2. The molecule has 5 nitrogen and oxygen atoms in total. The van der Waals surface area contributed by atoms with Crippen LogP contribution in [0.2, 0.25) is 0 Å². The maximum absolute atomic E-state index is 5.60. The summed E-state index contributed by atoms with van der Waals surface area (Å²) in [6.07, 6.45) is 2.19. The van der Waals surface area contributed by atoms with E-state index in [1.165, 1.54) is 0 Å². The number of hydrogen-bond donors (Lipinski definition) is 1. The topological polar surface area (TPSA) is 54.6 Å². The Morgan fingerprint density at radius 2 is 2.00 bits per heavy atom. The molecule has 2 N–H and O–H groups in total. The fourth-order valence-corrected chi connectivity index (χ4v) is 2.34. The van der Waals surface area contributed by atoms with Crippen molar-refractivity contribution in [3.8, 4) is 0 Å². The van der Waals surface area contributed by atoms with Gasteiger partial charge < -0.3 is 15.4 Å². The quantitative estimate of drug-likeness (QED) is 0.844. The fraction of sp³-hybridized carbons (Fsp3) is 0.667. The van der Waals surface area contributed by atoms with Crippen LogP contribution in [0.3, 0.4) is 0 Å². The number of pyridine rings is 1. The monoisotopic (exact) mass is 278 g/mol. The first-order valence-corrected chi connectivity index (χ1v) is 7.43. The van der Waals surface area contributed by atoms with E-state index in [1.807, 2.05) is 6.20 Å². The molecule has 1 aliphatic heterocycles. The maximum Gasteiger partial charge on any atom is 0.128 e. The van der Waals surface area contributed by atoms with Crippen LogP contribution in [-0.4, -0.2) is 55.3 Å². The molecule has 1 saturated heterocycles. The van der Waals surface area contributed by atoms with Crippen molar-refractivity contribution in [2.45, 2.75) is 26.5 Å². The highest BCUT2D eigenvalue weighted by molar-refractivity contribution is 5.39. The van der Waals surface area contributed by atoms with Gasteiger partial charge in [0.25, 0.3) is 0 Å². The largest absolute Gasteiger partial charge is 0.377 e. The van der Waals surface area contributed by atoms with Crippen molar-refractivity contribution in [3.63, 3.8) is 0 Å². The zero-order valence-corrected chi connectivity index (χ0v) is 12.6. The molecule has 0 saturated carbocycles. The molecule has 0 atom stereocenters. The summed E-state index contributed by atoms with van der Waals surface area (Å²) in [5.41, 5.74) is 6.67. The van der Waals surface area contributed by atoms with Gasteiger partial charge in [0.2, 0.25) is 0 Å². The number of ether oxygens (including phenoxy) is 1. The third-order valence-electron chi connectivity index (χ3n) is 3.60. The van der Waals surface area contributed by atoms with Gasteiger partial charge in [0.05, 0.1) is 12.7 Å². The summed E-state index contributed by atoms with van der Waals surface area (Å²) in [6, 6.07) is 4.13. The second-order valence-electron chi connectivity index (χ2n) is 5.48. The smallest absolute Gasteiger partial charge is 0.128 e. The summed E-state index contributed by atoms with van der Waals surface area (Å²) in [4.78, 5) is 9.27. The number of piperazine rings is 1. The van der Waals surface area contributed by atoms with Gasteiger partial charge in [-0.1, -0.05) is 6.07 Å². The molecule has 2 rings (SSSR count). The van der Waals surface area contributed by atoms with Crippen LogP contribution in [-0.2, 0) is 11.3 Å². The van der Waals surface area contributed by atoms with Gasteiger partial charge in [0, 0.05) is 45.5 Å². The maximum atomic E-state index is 5.60. The molecular weight excluding hydrogens is 252 g/mol. The molecule has 112 valence electrons. The molecule has 1 aliphatic rings. The number of rotatable bonds is 6. The average molecular weight is 278 g/mol. The van der Waals surface area contributed by atoms with Gasteiger partial charge in [-0.2, -0.15) is 0 Å². The van der Waals surface area contributed by atoms with E-state index in [4.69, 9.17) is 10.5 Å². The summed E-state index contributed by atoms with van der Waals surface area (Å²) in [5.74, 6) is 1.06. The minimum atomic E-state index is 0.321. The van der Waals surface area contributed by atoms with E-state index in [1.54, 1.807) is 0 Å². The Balaban J connectivity index is 1.75. The third kappa shape index (κ3) is 4.44. The summed E-state index contributed by atoms with van der Waals surface area (Å²) < 4.78 is 5.60. The summed E-state index contributed by atoms with van der Waals surface area (Å²) in [5, 5.41) is 0. The molecule has 0 spiro atoms. The van der Waals surface area contributed by atoms with Gasteiger partial charge in [0.1, 0.15) is 5.82 Å². The van der Waals surface area contributed by atoms with Gasteiger partial charge in [-0.05, 0) is 25.5 Å². The lowest BCUT2D eigenvalue weighted by molar-refractivity contribution is 0.0578. The standard InChI is InChI=1S/C15H26N4O/c1-13(2)20-10-9-18-5-7-19(8-6-18)15-4-3-14(11-16)12-17-15/h3-4,12-13H,5-11,16H2,1-2H3. The summed E-state index contributed by atoms with van der Waals surface area (Å²) >= 11 is 0. The zero-order chi connectivity index (χ0) is 14.4. The van der Waals surface area contributed by atoms with E-state index in [9.17, 15) is 0 Å². The predicted molar refractivity (Wildman–Crippen MR) is 81.9 cm³/mol. The fourth-order valence-electron chi connectivity index (χ4n) is 2.34. The van der Waals surface area contributed by atoms with Crippen LogP contribution >= 0.6 is 0 Å². The second-order valence-corrected chi connectivity index (χ2v) is 5.48. The van der Waals surface area contributed by atoms with Crippen molar-refractivity contribution in [1.82, 2.24) is 9.88 Å². The Morgan fingerprint density at radius 1 is 1.25 bits per heavy atom. The van der Waals surface area contributed by atoms with Gasteiger partial charge >= 0.3 is 0 Å². The summed E-state index contributed by atoms with van der Waals surface area (Å²) in [7, 11) is 0. The molecule has 5 heteroatoms. The molecule has 0 aromatic carbocycles. The molecule has 1 fully saturated rings. The molecule has 0 unspecified atom stereocenters. The normalized spacial score (nSPS) is 16.9. The number of nitrogens with zero attached hydrogens (tertiary/aromatic N) is 3. The van der Waals surface area contributed by atoms with E-state index < -0.39 is 0 Å². The highest BCUT2D eigenvalue weighted by atomic mass is 16.5. The van der Waals surface area contributed by atoms with Crippen LogP contribution in [0.5, 0.6) is 0 Å². The predicted octanol–water partition coefficient (Wildman–Crippen LogP) is 1.09. The van der Waals surface area contributed by atoms with Crippen molar-refractivity contribution in [2.24, 2.45) is 5.73 Å². The van der Waals surface area contributed by atoms with Crippen LogP contribution in [0.25, 0.3) is 0 Å². The second kappa shape index (κ2) is 7.57. The van der Waals surface area contributed by atoms with Crippen LogP contribution in [0.4, 0.5) is 5.82 Å². The molecular formula is C15H26N4O. The third-order valence-corrected chi connectivity index (χ3v) is 3.60. The zero-order valence-electron chi connectivity index (χ0n) is 12.6. The Hall–Kier alpha value is -1.17. The van der Waals surface area contributed by atoms with E-state index in [2.05, 4.69) is 40.8 Å². The number of nitrogens with two attached hydrogens (primary N) is 1. The molecule has 1 aromatic rings. The Bertz CT molecular complexity index is 385. The Kier molecular flexibility index (Phi) is 5.76. The van der Waals surface area contributed by atoms with E-state index in [0.29, 0.717) is 12.6 Å². The van der Waals surface area contributed by atoms with Gasteiger partial charge in [-0.25, -0.2) is 4.98 Å². The van der Waals surface area contributed by atoms with Crippen molar-refractivity contribution in [2.75, 3.05) is 44.2 Å². The van der Waals surface area contributed by atoms with Crippen molar-refractivity contribution in [1.29, 1.82) is 0 Å². The minimum Gasteiger partial charge on any atom is -0.377 e. The van der Waals surface area contributed by atoms with Gasteiger partial charge in [-0.15, -0.1) is 0 Å². The lowest BCUT2D eigenvalue weighted by Crippen LogP contribution is -2.47. The number of hydrogen-bond acceptors (Lipinski definition) is 5. The molecule has 0 aliphatic carbocycles. The van der Waals surface area contributed by atoms with Crippen LogP contribution in [0.15, 0.2) is 18.3 Å². The van der Waals surface area contributed by atoms with Crippen LogP contribution < -0.4 is 10.6 Å². The van der Waals surface area contributed by atoms with Gasteiger partial charge in [-0.3, -0.25) is 4.90 Å². The minimum absolute atomic E-state index is 0.321. The molecule has 0 bridgehead atoms. The molecule has 2 heterocycles. The van der Waals surface area contributed by atoms with Crippen molar-refractivity contribution >= 4 is 5.82 Å². The first-order valence-electron chi connectivity index (χ1n) is 7.43. The Labute approximate surface area is 121 Å². The first-order chi connectivity index (χ1) is 9.69. The van der Waals surface area contributed by atoms with E-state index >= 15 is 0 Å². The van der Waals surface area contributed by atoms with Crippen LogP contribution in [0, 0.1) is 0 Å². The molecule has 20 heavy (non-hydrogen) atoms. The molecule has 0 radical (unpaired) electrons. The number of anilines is 1. The summed E-state index contributed by atoms with van der Waals surface area (Å²) in [6.45, 7) is 10.7. The van der Waals surface area contributed by atoms with E-state index in [-0.39, 0.29) is 0 Å². The SMILES string of the molecule is CC(C)OCCN1CCN(c2ccc(CN)cn2)CC1. The van der Waals surface area contributed by atoms with Crippen LogP contribution in [0.1, 0.15) is 19.4 Å². The van der Waals surface area contributed by atoms with E-state index in [0.717, 1.165) is 50.7 Å². The average Bonchev–Trinajstić information content (AvgIpc) is 2.48. The highest BCUT2D eigenvalue weighted by Gasteiger charge is 2.17. The lowest BCUT2D eigenvalue weighted by Gasteiger charge is -2.35. The van der Waals surface area contributed by atoms with Crippen molar-refractivity contribution < 1.29 is 4.74 Å². The first kappa shape index (κ1) is 15.2. The molecule has 1 aromatic heterocycles. The highest BCUT2D eigenvalue weighted by Crippen LogP contribution is 2.13. The van der Waals surface area contributed by atoms with Gasteiger partial charge in [0.15, 0.2) is 0 Å². The molecule has 0 amide bonds. The number of aromatic nitrogens is 1. The van der Waals surface area contributed by atoms with Crippen molar-refractivity contribution in [3.05, 3.63) is 23.9 Å². The Morgan fingerprint density at radius 3 is 2.55 bits per heavy atom.